The summed E-state index contributed by atoms with van der Waals surface area (Å²) in [4.78, 5) is 4.36. The summed E-state index contributed by atoms with van der Waals surface area (Å²) in [5.41, 5.74) is 6.33. The highest BCUT2D eigenvalue weighted by Crippen LogP contribution is 2.25. The van der Waals surface area contributed by atoms with Crippen LogP contribution in [0.15, 0.2) is 54.0 Å². The summed E-state index contributed by atoms with van der Waals surface area (Å²) in [5.74, 6) is 0. The quantitative estimate of drug-likeness (QED) is 0.729. The molecule has 106 valence electrons. The Morgan fingerprint density at radius 2 is 1.81 bits per heavy atom. The van der Waals surface area contributed by atoms with Gasteiger partial charge in [0, 0.05) is 29.4 Å². The van der Waals surface area contributed by atoms with E-state index in [0.29, 0.717) is 0 Å². The molecule has 1 aromatic heterocycles. The third-order valence-corrected chi connectivity index (χ3v) is 4.48. The summed E-state index contributed by atoms with van der Waals surface area (Å²) in [7, 11) is 0. The molecule has 0 aliphatic rings. The maximum atomic E-state index is 4.36. The topological polar surface area (TPSA) is 24.9 Å². The molecule has 0 unspecified atom stereocenters. The minimum atomic E-state index is 0.847. The molecule has 2 nitrogen and oxygen atoms in total. The van der Waals surface area contributed by atoms with E-state index in [2.05, 4.69) is 66.6 Å². The monoisotopic (exact) mass is 294 g/mol. The largest absolute Gasteiger partial charge is 0.381 e. The summed E-state index contributed by atoms with van der Waals surface area (Å²) in [5, 5.41) is 6.59. The van der Waals surface area contributed by atoms with Gasteiger partial charge in [0.15, 0.2) is 0 Å². The van der Waals surface area contributed by atoms with Gasteiger partial charge in [-0.1, -0.05) is 30.3 Å². The van der Waals surface area contributed by atoms with Crippen molar-refractivity contribution < 1.29 is 0 Å². The predicted octanol–water partition coefficient (Wildman–Crippen LogP) is 5.04. The smallest absolute Gasteiger partial charge is 0.123 e. The van der Waals surface area contributed by atoms with E-state index in [1.54, 1.807) is 11.3 Å². The number of nitrogens with one attached hydrogen (secondary N) is 1. The van der Waals surface area contributed by atoms with Gasteiger partial charge < -0.3 is 5.32 Å². The fraction of sp³-hybridized carbons (Fsp3) is 0.167. The number of hydrogen-bond acceptors (Lipinski definition) is 3. The van der Waals surface area contributed by atoms with Crippen LogP contribution >= 0.6 is 11.3 Å². The summed E-state index contributed by atoms with van der Waals surface area (Å²) in [6, 6.07) is 14.9. The highest BCUT2D eigenvalue weighted by atomic mass is 32.1. The van der Waals surface area contributed by atoms with Gasteiger partial charge in [-0.25, -0.2) is 4.98 Å². The van der Waals surface area contributed by atoms with Crippen LogP contribution < -0.4 is 5.32 Å². The van der Waals surface area contributed by atoms with Crippen molar-refractivity contribution in [1.29, 1.82) is 0 Å². The van der Waals surface area contributed by atoms with Crippen LogP contribution in [-0.2, 0) is 6.54 Å². The molecule has 3 heteroatoms. The summed E-state index contributed by atoms with van der Waals surface area (Å²) in [6.07, 6.45) is 1.84. The van der Waals surface area contributed by atoms with Gasteiger partial charge >= 0.3 is 0 Å². The molecule has 0 saturated carbocycles. The van der Waals surface area contributed by atoms with Crippen molar-refractivity contribution in [2.24, 2.45) is 0 Å². The number of aromatic nitrogens is 1. The van der Waals surface area contributed by atoms with Gasteiger partial charge in [0.2, 0.25) is 0 Å². The van der Waals surface area contributed by atoms with Crippen LogP contribution in [0.25, 0.3) is 10.6 Å². The number of nitrogens with zero attached hydrogens (tertiary/aromatic N) is 1. The van der Waals surface area contributed by atoms with Crippen LogP contribution in [0.3, 0.4) is 0 Å². The predicted molar refractivity (Wildman–Crippen MR) is 90.8 cm³/mol. The Kier molecular flexibility index (Phi) is 4.02. The maximum Gasteiger partial charge on any atom is 0.123 e. The SMILES string of the molecule is Cc1cccc(C)c1CNc1cccc(-c2nccs2)c1. The van der Waals surface area contributed by atoms with Crippen molar-refractivity contribution in [3.63, 3.8) is 0 Å². The molecule has 0 aliphatic carbocycles. The van der Waals surface area contributed by atoms with Gasteiger partial charge in [0.1, 0.15) is 5.01 Å². The van der Waals surface area contributed by atoms with Crippen molar-refractivity contribution in [2.75, 3.05) is 5.32 Å². The number of benzene rings is 2. The molecule has 0 radical (unpaired) electrons. The van der Waals surface area contributed by atoms with Crippen molar-refractivity contribution in [3.05, 3.63) is 70.7 Å². The molecule has 3 aromatic rings. The molecular formula is C18H18N2S. The van der Waals surface area contributed by atoms with E-state index in [1.807, 2.05) is 11.6 Å². The Labute approximate surface area is 129 Å². The lowest BCUT2D eigenvalue weighted by atomic mass is 10.0. The van der Waals surface area contributed by atoms with Crippen LogP contribution in [-0.4, -0.2) is 4.98 Å². The lowest BCUT2D eigenvalue weighted by Crippen LogP contribution is -2.03. The third kappa shape index (κ3) is 3.14. The van der Waals surface area contributed by atoms with Gasteiger partial charge in [-0.15, -0.1) is 11.3 Å². The Hall–Kier alpha value is -2.13. The van der Waals surface area contributed by atoms with E-state index >= 15 is 0 Å². The average Bonchev–Trinajstić information content (AvgIpc) is 3.01. The molecule has 0 saturated heterocycles. The second-order valence-corrected chi connectivity index (χ2v) is 6.04. The highest BCUT2D eigenvalue weighted by molar-refractivity contribution is 7.13. The zero-order valence-corrected chi connectivity index (χ0v) is 13.1. The van der Waals surface area contributed by atoms with Crippen LogP contribution in [0, 0.1) is 13.8 Å². The zero-order valence-electron chi connectivity index (χ0n) is 12.3. The average molecular weight is 294 g/mol. The number of anilines is 1. The molecule has 0 atom stereocenters. The van der Waals surface area contributed by atoms with Crippen LogP contribution in [0.5, 0.6) is 0 Å². The van der Waals surface area contributed by atoms with E-state index < -0.39 is 0 Å². The van der Waals surface area contributed by atoms with E-state index in [9.17, 15) is 0 Å². The van der Waals surface area contributed by atoms with E-state index in [1.165, 1.54) is 16.7 Å². The molecule has 0 aliphatic heterocycles. The highest BCUT2D eigenvalue weighted by Gasteiger charge is 2.04. The zero-order chi connectivity index (χ0) is 14.7. The first-order valence-electron chi connectivity index (χ1n) is 7.03. The summed E-state index contributed by atoms with van der Waals surface area (Å²) < 4.78 is 0. The minimum Gasteiger partial charge on any atom is -0.381 e. The minimum absolute atomic E-state index is 0.847. The van der Waals surface area contributed by atoms with E-state index in [-0.39, 0.29) is 0 Å². The first-order valence-corrected chi connectivity index (χ1v) is 7.91. The van der Waals surface area contributed by atoms with Crippen molar-refractivity contribution in [2.45, 2.75) is 20.4 Å². The summed E-state index contributed by atoms with van der Waals surface area (Å²) >= 11 is 1.67. The first kappa shape index (κ1) is 13.8. The van der Waals surface area contributed by atoms with Gasteiger partial charge in [-0.05, 0) is 42.7 Å². The van der Waals surface area contributed by atoms with Gasteiger partial charge in [-0.3, -0.25) is 0 Å². The number of hydrogen-bond donors (Lipinski definition) is 1. The second kappa shape index (κ2) is 6.10. The molecule has 3 rings (SSSR count). The Balaban J connectivity index is 1.78. The number of rotatable bonds is 4. The molecule has 0 amide bonds. The van der Waals surface area contributed by atoms with E-state index in [0.717, 1.165) is 22.8 Å². The normalized spacial score (nSPS) is 10.6. The maximum absolute atomic E-state index is 4.36. The molecule has 2 aromatic carbocycles. The molecular weight excluding hydrogens is 276 g/mol. The van der Waals surface area contributed by atoms with Crippen molar-refractivity contribution in [3.8, 4) is 10.6 Å². The first-order chi connectivity index (χ1) is 10.2. The molecule has 0 spiro atoms. The molecule has 21 heavy (non-hydrogen) atoms. The standard InChI is InChI=1S/C18H18N2S/c1-13-5-3-6-14(2)17(13)12-20-16-8-4-7-15(11-16)18-19-9-10-21-18/h3-11,20H,12H2,1-2H3. The van der Waals surface area contributed by atoms with Gasteiger partial charge in [-0.2, -0.15) is 0 Å². The molecule has 1 N–H and O–H groups in total. The van der Waals surface area contributed by atoms with E-state index in [4.69, 9.17) is 0 Å². The third-order valence-electron chi connectivity index (χ3n) is 3.66. The second-order valence-electron chi connectivity index (χ2n) is 5.14. The van der Waals surface area contributed by atoms with Crippen LogP contribution in [0.2, 0.25) is 0 Å². The van der Waals surface area contributed by atoms with Gasteiger partial charge in [0.05, 0.1) is 0 Å². The Morgan fingerprint density at radius 1 is 1.05 bits per heavy atom. The molecule has 1 heterocycles. The summed E-state index contributed by atoms with van der Waals surface area (Å²) in [6.45, 7) is 5.17. The van der Waals surface area contributed by atoms with Gasteiger partial charge in [0.25, 0.3) is 0 Å². The fourth-order valence-electron chi connectivity index (χ4n) is 2.45. The molecule has 0 bridgehead atoms. The Bertz CT molecular complexity index is 712. The number of thiazole rings is 1. The lowest BCUT2D eigenvalue weighted by Gasteiger charge is -2.12. The Morgan fingerprint density at radius 3 is 2.52 bits per heavy atom. The fourth-order valence-corrected chi connectivity index (χ4v) is 3.08. The number of aryl methyl sites for hydroxylation is 2. The lowest BCUT2D eigenvalue weighted by molar-refractivity contribution is 1.09. The van der Waals surface area contributed by atoms with Crippen LogP contribution in [0.4, 0.5) is 5.69 Å². The van der Waals surface area contributed by atoms with Crippen molar-refractivity contribution in [1.82, 2.24) is 4.98 Å². The van der Waals surface area contributed by atoms with Crippen LogP contribution in [0.1, 0.15) is 16.7 Å². The molecule has 0 fully saturated rings. The van der Waals surface area contributed by atoms with Crippen molar-refractivity contribution >= 4 is 17.0 Å².